The highest BCUT2D eigenvalue weighted by Gasteiger charge is 2.59. The van der Waals surface area contributed by atoms with Crippen molar-refractivity contribution in [2.75, 3.05) is 10.6 Å². The minimum Gasteiger partial charge on any atom is -0.487 e. The minimum absolute atomic E-state index is 0.0166. The molecule has 178 valence electrons. The molecule has 0 saturated heterocycles. The molecule has 1 unspecified atom stereocenters. The number of cyclic esters (lactones) is 1. The SMILES string of the molecule is O=C(Nc1cc(F)c(F)cc1F)NC1[C@H]2Oc3ccc(Oc4ccnc5c4COC(=O)N5)cc3[C@@H]12. The first kappa shape index (κ1) is 21.1. The Morgan fingerprint density at radius 3 is 2.80 bits per heavy atom. The lowest BCUT2D eigenvalue weighted by Gasteiger charge is -2.19. The average molecular weight is 484 g/mol. The predicted molar refractivity (Wildman–Crippen MR) is 114 cm³/mol. The van der Waals surface area contributed by atoms with Gasteiger partial charge in [0.1, 0.15) is 41.6 Å². The summed E-state index contributed by atoms with van der Waals surface area (Å²) in [5.74, 6) is -1.93. The Hall–Kier alpha value is -4.48. The molecular weight excluding hydrogens is 469 g/mol. The van der Waals surface area contributed by atoms with Gasteiger partial charge in [0.05, 0.1) is 23.2 Å². The van der Waals surface area contributed by atoms with Gasteiger partial charge in [-0.15, -0.1) is 0 Å². The lowest BCUT2D eigenvalue weighted by molar-refractivity contribution is 0.150. The van der Waals surface area contributed by atoms with E-state index in [1.165, 1.54) is 6.20 Å². The van der Waals surface area contributed by atoms with Crippen molar-refractivity contribution in [2.45, 2.75) is 24.7 Å². The minimum atomic E-state index is -1.35. The van der Waals surface area contributed by atoms with Gasteiger partial charge in [0.25, 0.3) is 0 Å². The van der Waals surface area contributed by atoms with Gasteiger partial charge < -0.3 is 24.8 Å². The highest BCUT2D eigenvalue weighted by Crippen LogP contribution is 2.54. The first-order valence-corrected chi connectivity index (χ1v) is 10.5. The van der Waals surface area contributed by atoms with Crippen molar-refractivity contribution in [1.82, 2.24) is 10.3 Å². The van der Waals surface area contributed by atoms with Crippen molar-refractivity contribution >= 4 is 23.6 Å². The van der Waals surface area contributed by atoms with Gasteiger partial charge in [-0.2, -0.15) is 0 Å². The summed E-state index contributed by atoms with van der Waals surface area (Å²) in [4.78, 5) is 27.8. The maximum absolute atomic E-state index is 13.8. The molecule has 3 N–H and O–H groups in total. The molecule has 6 rings (SSSR count). The number of rotatable bonds is 4. The molecule has 3 aromatic rings. The van der Waals surface area contributed by atoms with Gasteiger partial charge in [0.2, 0.25) is 0 Å². The number of nitrogens with zero attached hydrogens (tertiary/aromatic N) is 1. The van der Waals surface area contributed by atoms with Crippen LogP contribution in [0.1, 0.15) is 17.0 Å². The summed E-state index contributed by atoms with van der Waals surface area (Å²) in [6, 6.07) is 6.65. The van der Waals surface area contributed by atoms with Gasteiger partial charge in [-0.05, 0) is 24.3 Å². The Balaban J connectivity index is 1.15. The Bertz CT molecular complexity index is 1400. The van der Waals surface area contributed by atoms with E-state index in [2.05, 4.69) is 20.9 Å². The van der Waals surface area contributed by atoms with Crippen LogP contribution in [0.2, 0.25) is 0 Å². The number of carbonyl (C=O) groups excluding carboxylic acids is 2. The fourth-order valence-electron chi connectivity index (χ4n) is 4.22. The highest BCUT2D eigenvalue weighted by atomic mass is 19.2. The molecule has 12 heteroatoms. The van der Waals surface area contributed by atoms with Gasteiger partial charge in [-0.25, -0.2) is 27.7 Å². The molecule has 0 spiro atoms. The summed E-state index contributed by atoms with van der Waals surface area (Å²) in [5.41, 5.74) is 0.920. The van der Waals surface area contributed by atoms with Crippen LogP contribution in [-0.2, 0) is 11.3 Å². The molecule has 1 aliphatic carbocycles. The molecule has 1 saturated carbocycles. The van der Waals surface area contributed by atoms with Gasteiger partial charge >= 0.3 is 12.1 Å². The lowest BCUT2D eigenvalue weighted by atomic mass is 10.1. The van der Waals surface area contributed by atoms with Crippen molar-refractivity contribution < 1.29 is 37.0 Å². The maximum Gasteiger partial charge on any atom is 0.413 e. The fraction of sp³-hybridized carbons (Fsp3) is 0.174. The van der Waals surface area contributed by atoms with E-state index in [1.54, 1.807) is 24.3 Å². The number of halogens is 3. The van der Waals surface area contributed by atoms with Crippen molar-refractivity contribution in [1.29, 1.82) is 0 Å². The van der Waals surface area contributed by atoms with E-state index in [0.29, 0.717) is 40.8 Å². The molecule has 3 heterocycles. The summed E-state index contributed by atoms with van der Waals surface area (Å²) < 4.78 is 57.1. The zero-order valence-corrected chi connectivity index (χ0v) is 17.6. The van der Waals surface area contributed by atoms with E-state index in [1.807, 2.05) is 0 Å². The zero-order chi connectivity index (χ0) is 24.3. The molecule has 3 aliphatic rings. The second kappa shape index (κ2) is 7.79. The molecule has 3 atom stereocenters. The van der Waals surface area contributed by atoms with Crippen molar-refractivity contribution in [3.05, 3.63) is 71.2 Å². The second-order valence-electron chi connectivity index (χ2n) is 8.12. The number of pyridine rings is 1. The molecular formula is C23H15F3N4O5. The summed E-state index contributed by atoms with van der Waals surface area (Å²) in [6.07, 6.45) is 0.589. The third-order valence-electron chi connectivity index (χ3n) is 5.92. The Morgan fingerprint density at radius 2 is 1.94 bits per heavy atom. The van der Waals surface area contributed by atoms with Gasteiger partial charge in [0.15, 0.2) is 11.6 Å². The Labute approximate surface area is 195 Å². The number of aromatic nitrogens is 1. The van der Waals surface area contributed by atoms with Crippen LogP contribution < -0.4 is 25.4 Å². The fourth-order valence-corrected chi connectivity index (χ4v) is 4.22. The summed E-state index contributed by atoms with van der Waals surface area (Å²) in [5, 5.41) is 7.35. The first-order chi connectivity index (χ1) is 16.9. The first-order valence-electron chi connectivity index (χ1n) is 10.5. The topological polar surface area (TPSA) is 111 Å². The van der Waals surface area contributed by atoms with Crippen LogP contribution in [0, 0.1) is 17.5 Å². The van der Waals surface area contributed by atoms with Crippen molar-refractivity contribution in [3.63, 3.8) is 0 Å². The van der Waals surface area contributed by atoms with E-state index in [0.717, 1.165) is 5.56 Å². The molecule has 0 radical (unpaired) electrons. The third-order valence-corrected chi connectivity index (χ3v) is 5.92. The number of carbonyl (C=O) groups is 2. The Morgan fingerprint density at radius 1 is 1.11 bits per heavy atom. The van der Waals surface area contributed by atoms with Crippen LogP contribution in [0.4, 0.5) is 34.3 Å². The van der Waals surface area contributed by atoms with Crippen LogP contribution >= 0.6 is 0 Å². The predicted octanol–water partition coefficient (Wildman–Crippen LogP) is 4.40. The van der Waals surface area contributed by atoms with E-state index in [9.17, 15) is 22.8 Å². The monoisotopic (exact) mass is 484 g/mol. The van der Waals surface area contributed by atoms with Gasteiger partial charge in [-0.3, -0.25) is 5.32 Å². The van der Waals surface area contributed by atoms with Crippen LogP contribution in [0.3, 0.4) is 0 Å². The Kier molecular flexibility index (Phi) is 4.69. The number of benzene rings is 2. The number of anilines is 2. The van der Waals surface area contributed by atoms with Crippen LogP contribution in [0.5, 0.6) is 17.2 Å². The number of urea groups is 1. The second-order valence-corrected chi connectivity index (χ2v) is 8.12. The summed E-state index contributed by atoms with van der Waals surface area (Å²) in [7, 11) is 0. The van der Waals surface area contributed by atoms with Crippen LogP contribution in [0.15, 0.2) is 42.6 Å². The molecule has 3 amide bonds. The van der Waals surface area contributed by atoms with Gasteiger partial charge in [-0.1, -0.05) is 0 Å². The highest BCUT2D eigenvalue weighted by molar-refractivity contribution is 5.90. The third kappa shape index (κ3) is 3.72. The smallest absolute Gasteiger partial charge is 0.413 e. The van der Waals surface area contributed by atoms with Crippen LogP contribution in [0.25, 0.3) is 0 Å². The largest absolute Gasteiger partial charge is 0.487 e. The molecule has 1 aromatic heterocycles. The molecule has 2 aromatic carbocycles. The molecule has 35 heavy (non-hydrogen) atoms. The number of amides is 3. The number of hydrogen-bond acceptors (Lipinski definition) is 6. The summed E-state index contributed by atoms with van der Waals surface area (Å²) >= 11 is 0. The molecule has 9 nitrogen and oxygen atoms in total. The molecule has 2 aliphatic heterocycles. The number of nitrogens with one attached hydrogen (secondary N) is 3. The van der Waals surface area contributed by atoms with Crippen molar-refractivity contribution in [3.8, 4) is 17.2 Å². The van der Waals surface area contributed by atoms with Crippen LogP contribution in [-0.4, -0.2) is 29.3 Å². The zero-order valence-electron chi connectivity index (χ0n) is 17.6. The summed E-state index contributed by atoms with van der Waals surface area (Å²) in [6.45, 7) is 0.0166. The molecule has 1 fully saturated rings. The number of hydrogen-bond donors (Lipinski definition) is 3. The lowest BCUT2D eigenvalue weighted by Crippen LogP contribution is -2.34. The number of fused-ring (bicyclic) bond motifs is 4. The maximum atomic E-state index is 13.8. The van der Waals surface area contributed by atoms with E-state index >= 15 is 0 Å². The number of ether oxygens (including phenoxy) is 3. The van der Waals surface area contributed by atoms with E-state index in [-0.39, 0.29) is 18.6 Å². The standard InChI is InChI=1S/C23H15F3N4O5/c24-12-6-14(26)15(7-13(12)25)28-22(31)29-19-18-10-5-9(1-2-16(10)35-20(18)19)34-17-3-4-27-21-11(17)8-33-23(32)30-21/h1-7,18-20H,8H2,(H,27,30,32)(H2,28,29,31)/t18-,19?,20-/m0/s1. The molecule has 0 bridgehead atoms. The van der Waals surface area contributed by atoms with Gasteiger partial charge in [0, 0.05) is 23.9 Å². The quantitative estimate of drug-likeness (QED) is 0.474. The average Bonchev–Trinajstić information content (AvgIpc) is 3.33. The van der Waals surface area contributed by atoms with E-state index in [4.69, 9.17) is 14.2 Å². The normalized spacial score (nSPS) is 20.9. The van der Waals surface area contributed by atoms with E-state index < -0.39 is 41.3 Å². The van der Waals surface area contributed by atoms with Crippen molar-refractivity contribution in [2.24, 2.45) is 0 Å².